The average Bonchev–Trinajstić information content (AvgIpc) is 2.37. The van der Waals surface area contributed by atoms with Crippen molar-refractivity contribution in [2.75, 3.05) is 7.05 Å². The first-order chi connectivity index (χ1) is 9.54. The number of fused-ring (bicyclic) bond motifs is 2. The van der Waals surface area contributed by atoms with Gasteiger partial charge in [0, 0.05) is 12.1 Å². The highest BCUT2D eigenvalue weighted by atomic mass is 19.2. The van der Waals surface area contributed by atoms with Crippen LogP contribution in [0.3, 0.4) is 0 Å². The molecule has 0 spiro atoms. The van der Waals surface area contributed by atoms with Crippen molar-refractivity contribution in [3.8, 4) is 0 Å². The lowest BCUT2D eigenvalue weighted by Crippen LogP contribution is -2.46. The molecule has 0 radical (unpaired) electrons. The Hall–Kier alpha value is -1.29. The van der Waals surface area contributed by atoms with Gasteiger partial charge < -0.3 is 0 Å². The molecule has 1 fully saturated rings. The molecule has 1 nitrogen and oxygen atoms in total. The van der Waals surface area contributed by atoms with Crippen molar-refractivity contribution in [3.63, 3.8) is 0 Å². The van der Waals surface area contributed by atoms with Gasteiger partial charge in [-0.3, -0.25) is 4.90 Å². The van der Waals surface area contributed by atoms with E-state index in [0.717, 1.165) is 25.0 Å². The third-order valence-electron chi connectivity index (χ3n) is 4.54. The highest BCUT2D eigenvalue weighted by molar-refractivity contribution is 5.27. The zero-order valence-corrected chi connectivity index (χ0v) is 11.5. The Labute approximate surface area is 117 Å². The number of halogens is 3. The molecule has 2 aliphatic rings. The molecule has 0 saturated carbocycles. The Morgan fingerprint density at radius 1 is 1.15 bits per heavy atom. The zero-order chi connectivity index (χ0) is 14.3. The van der Waals surface area contributed by atoms with Crippen molar-refractivity contribution in [1.82, 2.24) is 4.90 Å². The highest BCUT2D eigenvalue weighted by Gasteiger charge is 2.30. The first-order valence-corrected chi connectivity index (χ1v) is 7.09. The largest absolute Gasteiger partial charge is 0.297 e. The van der Waals surface area contributed by atoms with Crippen LogP contribution in [0.25, 0.3) is 0 Å². The minimum Gasteiger partial charge on any atom is -0.297 e. The second-order valence-corrected chi connectivity index (χ2v) is 5.90. The second kappa shape index (κ2) is 5.24. The summed E-state index contributed by atoms with van der Waals surface area (Å²) in [7, 11) is 2.14. The van der Waals surface area contributed by atoms with Crippen molar-refractivity contribution in [2.24, 2.45) is 0 Å². The number of piperidine rings is 1. The summed E-state index contributed by atoms with van der Waals surface area (Å²) in [6.45, 7) is 0. The third-order valence-corrected chi connectivity index (χ3v) is 4.54. The topological polar surface area (TPSA) is 3.24 Å². The zero-order valence-electron chi connectivity index (χ0n) is 11.5. The summed E-state index contributed by atoms with van der Waals surface area (Å²) in [5, 5.41) is 0. The summed E-state index contributed by atoms with van der Waals surface area (Å²) < 4.78 is 39.4. The molecule has 2 bridgehead atoms. The van der Waals surface area contributed by atoms with Crippen molar-refractivity contribution >= 4 is 0 Å². The molecule has 0 aromatic heterocycles. The fourth-order valence-corrected chi connectivity index (χ4v) is 3.43. The van der Waals surface area contributed by atoms with Crippen LogP contribution in [0.15, 0.2) is 23.8 Å². The van der Waals surface area contributed by atoms with Crippen LogP contribution < -0.4 is 0 Å². The lowest BCUT2D eigenvalue weighted by atomic mass is 9.83. The minimum absolute atomic E-state index is 0.438. The summed E-state index contributed by atoms with van der Waals surface area (Å²) in [6.07, 6.45) is 7.22. The van der Waals surface area contributed by atoms with Crippen LogP contribution in [0, 0.1) is 17.5 Å². The minimum atomic E-state index is -1.39. The van der Waals surface area contributed by atoms with Crippen molar-refractivity contribution in [3.05, 3.63) is 46.8 Å². The fraction of sp³-hybridized carbons (Fsp3) is 0.500. The Morgan fingerprint density at radius 3 is 2.50 bits per heavy atom. The molecule has 1 saturated heterocycles. The van der Waals surface area contributed by atoms with Crippen LogP contribution in [0.1, 0.15) is 31.2 Å². The quantitative estimate of drug-likeness (QED) is 0.588. The Bertz CT molecular complexity index is 530. The maximum absolute atomic E-state index is 13.2. The van der Waals surface area contributed by atoms with Crippen LogP contribution >= 0.6 is 0 Å². The van der Waals surface area contributed by atoms with Gasteiger partial charge in [-0.15, -0.1) is 0 Å². The standard InChI is InChI=1S/C16H18F3N/c1-20-12-3-2-4-13(20)7-10(6-12)5-11-8-14(17)16(19)15(18)9-11/h6,8-9,12-13H,2-5,7H2,1H3. The van der Waals surface area contributed by atoms with Crippen LogP contribution in [0.2, 0.25) is 0 Å². The van der Waals surface area contributed by atoms with Gasteiger partial charge in [-0.25, -0.2) is 13.2 Å². The molecule has 1 aromatic carbocycles. The average molecular weight is 281 g/mol. The first-order valence-electron chi connectivity index (χ1n) is 7.09. The van der Waals surface area contributed by atoms with E-state index >= 15 is 0 Å². The Morgan fingerprint density at radius 2 is 1.85 bits per heavy atom. The van der Waals surface area contributed by atoms with Crippen LogP contribution in [0.4, 0.5) is 13.2 Å². The molecule has 4 heteroatoms. The molecule has 108 valence electrons. The molecule has 0 amide bonds. The number of hydrogen-bond donors (Lipinski definition) is 0. The van der Waals surface area contributed by atoms with Gasteiger partial charge in [-0.1, -0.05) is 18.1 Å². The molecule has 0 N–H and O–H groups in total. The fourth-order valence-electron chi connectivity index (χ4n) is 3.43. The third kappa shape index (κ3) is 2.49. The first kappa shape index (κ1) is 13.7. The van der Waals surface area contributed by atoms with E-state index in [9.17, 15) is 13.2 Å². The normalized spacial score (nSPS) is 26.5. The van der Waals surface area contributed by atoms with Crippen molar-refractivity contribution in [1.29, 1.82) is 0 Å². The van der Waals surface area contributed by atoms with Gasteiger partial charge in [0.05, 0.1) is 0 Å². The van der Waals surface area contributed by atoms with E-state index in [1.165, 1.54) is 18.4 Å². The number of likely N-dealkylation sites (N-methyl/N-ethyl adjacent to an activating group) is 1. The predicted molar refractivity (Wildman–Crippen MR) is 71.9 cm³/mol. The van der Waals surface area contributed by atoms with Gasteiger partial charge in [-0.05, 0) is 50.4 Å². The lowest BCUT2D eigenvalue weighted by molar-refractivity contribution is 0.129. The van der Waals surface area contributed by atoms with Crippen LogP contribution in [0.5, 0.6) is 0 Å². The maximum atomic E-state index is 13.2. The second-order valence-electron chi connectivity index (χ2n) is 5.90. The molecular weight excluding hydrogens is 263 g/mol. The number of hydrogen-bond acceptors (Lipinski definition) is 1. The molecule has 2 unspecified atom stereocenters. The Kier molecular flexibility index (Phi) is 3.59. The maximum Gasteiger partial charge on any atom is 0.194 e. The van der Waals surface area contributed by atoms with Gasteiger partial charge >= 0.3 is 0 Å². The molecule has 2 heterocycles. The predicted octanol–water partition coefficient (Wildman–Crippen LogP) is 3.83. The molecule has 2 aliphatic heterocycles. The lowest BCUT2D eigenvalue weighted by Gasteiger charge is -2.42. The number of rotatable bonds is 2. The summed E-state index contributed by atoms with van der Waals surface area (Å²) in [5.74, 6) is -3.59. The van der Waals surface area contributed by atoms with E-state index in [1.807, 2.05) is 0 Å². The molecule has 20 heavy (non-hydrogen) atoms. The SMILES string of the molecule is CN1C2C=C(Cc3cc(F)c(F)c(F)c3)CC1CCC2. The van der Waals surface area contributed by atoms with E-state index in [4.69, 9.17) is 0 Å². The smallest absolute Gasteiger partial charge is 0.194 e. The summed E-state index contributed by atoms with van der Waals surface area (Å²) >= 11 is 0. The summed E-state index contributed by atoms with van der Waals surface area (Å²) in [6, 6.07) is 3.18. The monoisotopic (exact) mass is 281 g/mol. The molecule has 3 rings (SSSR count). The van der Waals surface area contributed by atoms with Crippen molar-refractivity contribution in [2.45, 2.75) is 44.2 Å². The van der Waals surface area contributed by atoms with Crippen LogP contribution in [-0.2, 0) is 6.42 Å². The van der Waals surface area contributed by atoms with E-state index < -0.39 is 17.5 Å². The number of benzene rings is 1. The Balaban J connectivity index is 1.82. The number of nitrogens with zero attached hydrogens (tertiary/aromatic N) is 1. The van der Waals surface area contributed by atoms with E-state index in [2.05, 4.69) is 18.0 Å². The van der Waals surface area contributed by atoms with E-state index in [-0.39, 0.29) is 0 Å². The van der Waals surface area contributed by atoms with Crippen LogP contribution in [-0.4, -0.2) is 24.0 Å². The van der Waals surface area contributed by atoms with Gasteiger partial charge in [0.15, 0.2) is 17.5 Å². The molecule has 2 atom stereocenters. The highest BCUT2D eigenvalue weighted by Crippen LogP contribution is 2.33. The van der Waals surface area contributed by atoms with Gasteiger partial charge in [0.2, 0.25) is 0 Å². The van der Waals surface area contributed by atoms with Gasteiger partial charge in [-0.2, -0.15) is 0 Å². The van der Waals surface area contributed by atoms with Gasteiger partial charge in [0.25, 0.3) is 0 Å². The summed E-state index contributed by atoms with van der Waals surface area (Å²) in [4.78, 5) is 2.39. The molecule has 1 aromatic rings. The van der Waals surface area contributed by atoms with Gasteiger partial charge in [0.1, 0.15) is 0 Å². The van der Waals surface area contributed by atoms with Crippen molar-refractivity contribution < 1.29 is 13.2 Å². The molecular formula is C16H18F3N. The molecule has 0 aliphatic carbocycles. The van der Waals surface area contributed by atoms with E-state index in [1.54, 1.807) is 0 Å². The summed E-state index contributed by atoms with van der Waals surface area (Å²) in [5.41, 5.74) is 1.72. The van der Waals surface area contributed by atoms with E-state index in [0.29, 0.717) is 24.1 Å².